The molecule has 0 aromatic carbocycles. The van der Waals surface area contributed by atoms with Crippen LogP contribution in [0.25, 0.3) is 0 Å². The second-order valence-electron chi connectivity index (χ2n) is 3.97. The monoisotopic (exact) mass is 185 g/mol. The number of nitrogens with zero attached hydrogens (tertiary/aromatic N) is 1. The molecule has 1 aliphatic heterocycles. The van der Waals surface area contributed by atoms with Gasteiger partial charge in [0, 0.05) is 13.2 Å². The van der Waals surface area contributed by atoms with E-state index in [2.05, 4.69) is 4.90 Å². The van der Waals surface area contributed by atoms with Crippen LogP contribution in [0, 0.1) is 5.92 Å². The van der Waals surface area contributed by atoms with Gasteiger partial charge in [0.25, 0.3) is 0 Å². The molecular formula is C10H19NO2. The lowest BCUT2D eigenvalue weighted by Gasteiger charge is -2.34. The number of carbonyl (C=O) groups is 1. The standard InChI is InChI=1S/C10H19NO2/c1-8(9(2)13)11-5-3-4-10(6-11)7-12/h8,10,12H,3-7H2,1-2H3. The molecule has 3 nitrogen and oxygen atoms in total. The van der Waals surface area contributed by atoms with Crippen LogP contribution in [0.4, 0.5) is 0 Å². The van der Waals surface area contributed by atoms with Crippen molar-refractivity contribution in [2.75, 3.05) is 19.7 Å². The van der Waals surface area contributed by atoms with Gasteiger partial charge in [-0.05, 0) is 39.2 Å². The first-order valence-corrected chi connectivity index (χ1v) is 5.00. The normalized spacial score (nSPS) is 27.2. The van der Waals surface area contributed by atoms with Crippen LogP contribution in [-0.2, 0) is 4.79 Å². The van der Waals surface area contributed by atoms with Crippen molar-refractivity contribution in [1.82, 2.24) is 4.90 Å². The predicted octanol–water partition coefficient (Wildman–Crippen LogP) is 0.668. The molecule has 0 aliphatic carbocycles. The fourth-order valence-corrected chi connectivity index (χ4v) is 1.86. The maximum Gasteiger partial charge on any atom is 0.146 e. The molecule has 2 atom stereocenters. The molecule has 0 saturated carbocycles. The van der Waals surface area contributed by atoms with Gasteiger partial charge in [-0.2, -0.15) is 0 Å². The van der Waals surface area contributed by atoms with Crippen molar-refractivity contribution in [2.45, 2.75) is 32.7 Å². The Kier molecular flexibility index (Phi) is 3.88. The Labute approximate surface area is 79.7 Å². The van der Waals surface area contributed by atoms with Gasteiger partial charge >= 0.3 is 0 Å². The molecule has 0 aromatic heterocycles. The van der Waals surface area contributed by atoms with E-state index < -0.39 is 0 Å². The summed E-state index contributed by atoms with van der Waals surface area (Å²) in [5.41, 5.74) is 0. The molecule has 1 fully saturated rings. The van der Waals surface area contributed by atoms with E-state index in [1.807, 2.05) is 6.92 Å². The molecule has 1 aliphatic rings. The number of aliphatic hydroxyl groups is 1. The summed E-state index contributed by atoms with van der Waals surface area (Å²) in [6, 6.07) is 0.0225. The van der Waals surface area contributed by atoms with Crippen LogP contribution < -0.4 is 0 Å². The summed E-state index contributed by atoms with van der Waals surface area (Å²) < 4.78 is 0. The molecule has 0 aromatic rings. The first-order chi connectivity index (χ1) is 6.15. The van der Waals surface area contributed by atoms with Crippen LogP contribution in [0.1, 0.15) is 26.7 Å². The van der Waals surface area contributed by atoms with Gasteiger partial charge in [0.15, 0.2) is 0 Å². The summed E-state index contributed by atoms with van der Waals surface area (Å²) in [4.78, 5) is 13.3. The number of carbonyl (C=O) groups excluding carboxylic acids is 1. The Hall–Kier alpha value is -0.410. The highest BCUT2D eigenvalue weighted by Gasteiger charge is 2.24. The van der Waals surface area contributed by atoms with Crippen molar-refractivity contribution in [2.24, 2.45) is 5.92 Å². The van der Waals surface area contributed by atoms with Crippen molar-refractivity contribution in [3.8, 4) is 0 Å². The summed E-state index contributed by atoms with van der Waals surface area (Å²) in [6.07, 6.45) is 2.19. The number of ketones is 1. The van der Waals surface area contributed by atoms with E-state index in [4.69, 9.17) is 5.11 Å². The van der Waals surface area contributed by atoms with Gasteiger partial charge in [-0.25, -0.2) is 0 Å². The number of rotatable bonds is 3. The van der Waals surface area contributed by atoms with Crippen molar-refractivity contribution in [3.05, 3.63) is 0 Å². The lowest BCUT2D eigenvalue weighted by molar-refractivity contribution is -0.122. The lowest BCUT2D eigenvalue weighted by Crippen LogP contribution is -2.45. The number of hydrogen-bond acceptors (Lipinski definition) is 3. The van der Waals surface area contributed by atoms with Crippen LogP contribution >= 0.6 is 0 Å². The first-order valence-electron chi connectivity index (χ1n) is 5.00. The minimum absolute atomic E-state index is 0.0225. The average molecular weight is 185 g/mol. The third-order valence-electron chi connectivity index (χ3n) is 2.94. The molecule has 0 bridgehead atoms. The van der Waals surface area contributed by atoms with E-state index in [-0.39, 0.29) is 18.4 Å². The van der Waals surface area contributed by atoms with Crippen LogP contribution in [0.15, 0.2) is 0 Å². The van der Waals surface area contributed by atoms with Crippen LogP contribution in [0.2, 0.25) is 0 Å². The third-order valence-corrected chi connectivity index (χ3v) is 2.94. The van der Waals surface area contributed by atoms with Crippen LogP contribution in [-0.4, -0.2) is 41.5 Å². The average Bonchev–Trinajstić information content (AvgIpc) is 2.16. The first kappa shape index (κ1) is 10.7. The van der Waals surface area contributed by atoms with Gasteiger partial charge in [0.05, 0.1) is 6.04 Å². The summed E-state index contributed by atoms with van der Waals surface area (Å²) in [5.74, 6) is 0.592. The molecule has 2 unspecified atom stereocenters. The number of hydrogen-bond donors (Lipinski definition) is 1. The highest BCUT2D eigenvalue weighted by molar-refractivity contribution is 5.80. The summed E-state index contributed by atoms with van der Waals surface area (Å²) in [5, 5.41) is 9.02. The number of likely N-dealkylation sites (tertiary alicyclic amines) is 1. The van der Waals surface area contributed by atoms with Gasteiger partial charge in [0.1, 0.15) is 5.78 Å². The SMILES string of the molecule is CC(=O)C(C)N1CCCC(CO)C1. The molecule has 76 valence electrons. The summed E-state index contributed by atoms with van der Waals surface area (Å²) >= 11 is 0. The number of piperidine rings is 1. The Morgan fingerprint density at radius 2 is 2.38 bits per heavy atom. The Morgan fingerprint density at radius 1 is 1.69 bits per heavy atom. The van der Waals surface area contributed by atoms with E-state index in [0.29, 0.717) is 5.92 Å². The minimum atomic E-state index is 0.0225. The van der Waals surface area contributed by atoms with Crippen molar-refractivity contribution < 1.29 is 9.90 Å². The van der Waals surface area contributed by atoms with Crippen LogP contribution in [0.5, 0.6) is 0 Å². The lowest BCUT2D eigenvalue weighted by atomic mass is 9.97. The van der Waals surface area contributed by atoms with Crippen LogP contribution in [0.3, 0.4) is 0 Å². The zero-order valence-electron chi connectivity index (χ0n) is 8.49. The Morgan fingerprint density at radius 3 is 2.92 bits per heavy atom. The van der Waals surface area contributed by atoms with E-state index in [1.54, 1.807) is 6.92 Å². The van der Waals surface area contributed by atoms with Gasteiger partial charge in [0.2, 0.25) is 0 Å². The quantitative estimate of drug-likeness (QED) is 0.702. The maximum atomic E-state index is 11.1. The molecule has 1 N–H and O–H groups in total. The third kappa shape index (κ3) is 2.78. The summed E-state index contributed by atoms with van der Waals surface area (Å²) in [6.45, 7) is 5.70. The highest BCUT2D eigenvalue weighted by atomic mass is 16.3. The molecule has 1 saturated heterocycles. The second-order valence-corrected chi connectivity index (χ2v) is 3.97. The highest BCUT2D eigenvalue weighted by Crippen LogP contribution is 2.17. The van der Waals surface area contributed by atoms with Gasteiger partial charge < -0.3 is 5.11 Å². The topological polar surface area (TPSA) is 40.5 Å². The van der Waals surface area contributed by atoms with Crippen molar-refractivity contribution in [1.29, 1.82) is 0 Å². The number of aliphatic hydroxyl groups excluding tert-OH is 1. The second kappa shape index (κ2) is 4.72. The number of Topliss-reactive ketones (excluding diaryl/α,β-unsaturated/α-hetero) is 1. The largest absolute Gasteiger partial charge is 0.396 e. The predicted molar refractivity (Wildman–Crippen MR) is 51.5 cm³/mol. The van der Waals surface area contributed by atoms with Crippen molar-refractivity contribution in [3.63, 3.8) is 0 Å². The van der Waals surface area contributed by atoms with Gasteiger partial charge in [-0.1, -0.05) is 0 Å². The van der Waals surface area contributed by atoms with E-state index >= 15 is 0 Å². The zero-order valence-corrected chi connectivity index (χ0v) is 8.49. The maximum absolute atomic E-state index is 11.1. The smallest absolute Gasteiger partial charge is 0.146 e. The van der Waals surface area contributed by atoms with Gasteiger partial charge in [-0.15, -0.1) is 0 Å². The molecule has 1 rings (SSSR count). The Balaban J connectivity index is 2.46. The summed E-state index contributed by atoms with van der Waals surface area (Å²) in [7, 11) is 0. The molecule has 0 radical (unpaired) electrons. The molecule has 0 spiro atoms. The fourth-order valence-electron chi connectivity index (χ4n) is 1.86. The van der Waals surface area contributed by atoms with E-state index in [0.717, 1.165) is 25.9 Å². The molecule has 1 heterocycles. The molecular weight excluding hydrogens is 166 g/mol. The van der Waals surface area contributed by atoms with Crippen molar-refractivity contribution >= 4 is 5.78 Å². The van der Waals surface area contributed by atoms with Gasteiger partial charge in [-0.3, -0.25) is 9.69 Å². The molecule has 3 heteroatoms. The fraction of sp³-hybridized carbons (Fsp3) is 0.900. The Bertz CT molecular complexity index is 182. The van der Waals surface area contributed by atoms with E-state index in [9.17, 15) is 4.79 Å². The molecule has 0 amide bonds. The zero-order chi connectivity index (χ0) is 9.84. The minimum Gasteiger partial charge on any atom is -0.396 e. The van der Waals surface area contributed by atoms with E-state index in [1.165, 1.54) is 0 Å². The molecule has 13 heavy (non-hydrogen) atoms.